The molecule has 166 valence electrons. The number of methoxy groups -OCH3 is 1. The summed E-state index contributed by atoms with van der Waals surface area (Å²) in [5, 5.41) is 2.79. The second kappa shape index (κ2) is 9.32. The van der Waals surface area contributed by atoms with E-state index in [-0.39, 0.29) is 17.4 Å². The Labute approximate surface area is 187 Å². The third-order valence-corrected chi connectivity index (χ3v) is 7.03. The van der Waals surface area contributed by atoms with Gasteiger partial charge in [-0.15, -0.1) is 0 Å². The molecule has 0 saturated carbocycles. The van der Waals surface area contributed by atoms with Crippen LogP contribution in [0.1, 0.15) is 12.0 Å². The zero-order chi connectivity index (χ0) is 22.6. The maximum absolute atomic E-state index is 13.2. The fourth-order valence-electron chi connectivity index (χ4n) is 3.61. The largest absolute Gasteiger partial charge is 0.497 e. The lowest BCUT2D eigenvalue weighted by Crippen LogP contribution is -2.35. The molecule has 0 aliphatic carbocycles. The Morgan fingerprint density at radius 3 is 2.44 bits per heavy atom. The molecule has 8 heteroatoms. The number of anilines is 2. The zero-order valence-electron chi connectivity index (χ0n) is 17.7. The number of nitrogens with one attached hydrogen (secondary N) is 1. The third kappa shape index (κ3) is 4.70. The van der Waals surface area contributed by atoms with Gasteiger partial charge in [-0.25, -0.2) is 8.42 Å². The molecule has 3 aromatic carbocycles. The molecule has 0 spiro atoms. The van der Waals surface area contributed by atoms with Crippen molar-refractivity contribution in [1.29, 1.82) is 0 Å². The maximum atomic E-state index is 13.2. The fraction of sp³-hybridized carbons (Fsp3) is 0.208. The molecule has 4 rings (SSSR count). The van der Waals surface area contributed by atoms with Gasteiger partial charge in [-0.2, -0.15) is 0 Å². The summed E-state index contributed by atoms with van der Waals surface area (Å²) < 4.78 is 38.4. The van der Waals surface area contributed by atoms with Crippen LogP contribution in [0.15, 0.2) is 77.7 Å². The number of amides is 1. The van der Waals surface area contributed by atoms with E-state index >= 15 is 0 Å². The summed E-state index contributed by atoms with van der Waals surface area (Å²) in [4.78, 5) is 12.6. The Morgan fingerprint density at radius 1 is 1.00 bits per heavy atom. The average Bonchev–Trinajstić information content (AvgIpc) is 2.83. The van der Waals surface area contributed by atoms with Gasteiger partial charge in [0.15, 0.2) is 6.61 Å². The molecule has 0 aromatic heterocycles. The van der Waals surface area contributed by atoms with Crippen molar-refractivity contribution in [3.63, 3.8) is 0 Å². The van der Waals surface area contributed by atoms with Crippen LogP contribution >= 0.6 is 0 Å². The van der Waals surface area contributed by atoms with Crippen molar-refractivity contribution < 1.29 is 22.7 Å². The highest BCUT2D eigenvalue weighted by Gasteiger charge is 2.29. The molecule has 0 bridgehead atoms. The molecule has 0 radical (unpaired) electrons. The highest BCUT2D eigenvalue weighted by molar-refractivity contribution is 7.92. The molecule has 0 fully saturated rings. The predicted octanol–water partition coefficient (Wildman–Crippen LogP) is 3.85. The van der Waals surface area contributed by atoms with E-state index in [0.29, 0.717) is 29.4 Å². The first-order chi connectivity index (χ1) is 15.5. The van der Waals surface area contributed by atoms with Gasteiger partial charge >= 0.3 is 0 Å². The summed E-state index contributed by atoms with van der Waals surface area (Å²) >= 11 is 0. The number of sulfonamides is 1. The van der Waals surface area contributed by atoms with Crippen molar-refractivity contribution in [2.24, 2.45) is 0 Å². The summed E-state index contributed by atoms with van der Waals surface area (Å²) in [6.07, 6.45) is 1.52. The number of benzene rings is 3. The number of hydrogen-bond donors (Lipinski definition) is 1. The van der Waals surface area contributed by atoms with Gasteiger partial charge in [-0.1, -0.05) is 24.3 Å². The lowest BCUT2D eigenvalue weighted by molar-refractivity contribution is -0.118. The Hall–Kier alpha value is -3.52. The Morgan fingerprint density at radius 2 is 1.72 bits per heavy atom. The van der Waals surface area contributed by atoms with Gasteiger partial charge < -0.3 is 14.8 Å². The summed E-state index contributed by atoms with van der Waals surface area (Å²) in [6.45, 7) is 0.220. The summed E-state index contributed by atoms with van der Waals surface area (Å²) in [5.74, 6) is 0.909. The van der Waals surface area contributed by atoms with E-state index in [2.05, 4.69) is 5.32 Å². The topological polar surface area (TPSA) is 84.9 Å². The Kier molecular flexibility index (Phi) is 6.32. The maximum Gasteiger partial charge on any atom is 0.264 e. The van der Waals surface area contributed by atoms with Crippen LogP contribution in [0, 0.1) is 0 Å². The minimum Gasteiger partial charge on any atom is -0.497 e. The van der Waals surface area contributed by atoms with E-state index in [0.717, 1.165) is 18.4 Å². The standard InChI is InChI=1S/C24H24N2O5S/c1-30-20-11-13-21(14-12-20)31-17-24(27)25-19-10-9-18-6-5-15-26(23(18)16-19)32(28,29)22-7-3-2-4-8-22/h2-4,7-14,16H,5-6,15,17H2,1H3,(H,25,27). The minimum atomic E-state index is -3.69. The monoisotopic (exact) mass is 452 g/mol. The smallest absolute Gasteiger partial charge is 0.264 e. The molecule has 7 nitrogen and oxygen atoms in total. The van der Waals surface area contributed by atoms with Gasteiger partial charge in [0.2, 0.25) is 0 Å². The predicted molar refractivity (Wildman–Crippen MR) is 123 cm³/mol. The van der Waals surface area contributed by atoms with Crippen molar-refractivity contribution in [3.05, 3.63) is 78.4 Å². The molecule has 0 saturated heterocycles. The fourth-order valence-corrected chi connectivity index (χ4v) is 5.16. The number of hydrogen-bond acceptors (Lipinski definition) is 5. The summed E-state index contributed by atoms with van der Waals surface area (Å²) in [7, 11) is -2.11. The number of fused-ring (bicyclic) bond motifs is 1. The number of nitrogens with zero attached hydrogens (tertiary/aromatic N) is 1. The first-order valence-electron chi connectivity index (χ1n) is 10.2. The molecule has 0 atom stereocenters. The van der Waals surface area contributed by atoms with Crippen LogP contribution in [0.5, 0.6) is 11.5 Å². The van der Waals surface area contributed by atoms with E-state index < -0.39 is 10.0 Å². The van der Waals surface area contributed by atoms with Crippen molar-refractivity contribution >= 4 is 27.3 Å². The lowest BCUT2D eigenvalue weighted by atomic mass is 10.0. The average molecular weight is 453 g/mol. The summed E-state index contributed by atoms with van der Waals surface area (Å²) in [5.41, 5.74) is 2.04. The summed E-state index contributed by atoms with van der Waals surface area (Å²) in [6, 6.07) is 20.7. The van der Waals surface area contributed by atoms with E-state index in [1.165, 1.54) is 4.31 Å². The normalized spacial score (nSPS) is 13.2. The Balaban J connectivity index is 1.48. The number of rotatable bonds is 7. The number of carbonyl (C=O) groups is 1. The van der Waals surface area contributed by atoms with E-state index in [1.807, 2.05) is 6.07 Å². The van der Waals surface area contributed by atoms with Crippen LogP contribution in [-0.4, -0.2) is 34.6 Å². The van der Waals surface area contributed by atoms with Crippen LogP contribution in [0.2, 0.25) is 0 Å². The van der Waals surface area contributed by atoms with Crippen molar-refractivity contribution in [2.45, 2.75) is 17.7 Å². The van der Waals surface area contributed by atoms with Crippen LogP contribution in [0.25, 0.3) is 0 Å². The molecule has 32 heavy (non-hydrogen) atoms. The van der Waals surface area contributed by atoms with Gasteiger partial charge in [-0.05, 0) is 66.9 Å². The zero-order valence-corrected chi connectivity index (χ0v) is 18.5. The lowest BCUT2D eigenvalue weighted by Gasteiger charge is -2.31. The van der Waals surface area contributed by atoms with Gasteiger partial charge in [0.1, 0.15) is 11.5 Å². The second-order valence-electron chi connectivity index (χ2n) is 7.35. The number of carbonyl (C=O) groups excluding carboxylic acids is 1. The van der Waals surface area contributed by atoms with E-state index in [4.69, 9.17) is 9.47 Å². The Bertz CT molecular complexity index is 1190. The van der Waals surface area contributed by atoms with E-state index in [1.54, 1.807) is 73.8 Å². The van der Waals surface area contributed by atoms with Crippen molar-refractivity contribution in [3.8, 4) is 11.5 Å². The van der Waals surface area contributed by atoms with Crippen LogP contribution in [-0.2, 0) is 21.2 Å². The molecule has 1 heterocycles. The molecule has 1 N–H and O–H groups in total. The van der Waals surface area contributed by atoms with Crippen LogP contribution in [0.3, 0.4) is 0 Å². The molecule has 3 aromatic rings. The molecular formula is C24H24N2O5S. The first-order valence-corrected chi connectivity index (χ1v) is 11.7. The third-order valence-electron chi connectivity index (χ3n) is 5.21. The van der Waals surface area contributed by atoms with Gasteiger partial charge in [0.05, 0.1) is 17.7 Å². The number of ether oxygens (including phenoxy) is 2. The van der Waals surface area contributed by atoms with Gasteiger partial charge in [-0.3, -0.25) is 9.10 Å². The molecular weight excluding hydrogens is 428 g/mol. The second-order valence-corrected chi connectivity index (χ2v) is 9.21. The van der Waals surface area contributed by atoms with E-state index in [9.17, 15) is 13.2 Å². The van der Waals surface area contributed by atoms with Crippen molar-refractivity contribution in [2.75, 3.05) is 29.9 Å². The first kappa shape index (κ1) is 21.7. The molecule has 1 amide bonds. The molecule has 1 aliphatic heterocycles. The van der Waals surface area contributed by atoms with Crippen molar-refractivity contribution in [1.82, 2.24) is 0 Å². The quantitative estimate of drug-likeness (QED) is 0.589. The SMILES string of the molecule is COc1ccc(OCC(=O)Nc2ccc3c(c2)N(S(=O)(=O)c2ccccc2)CCC3)cc1. The van der Waals surface area contributed by atoms with Gasteiger partial charge in [0, 0.05) is 12.2 Å². The highest BCUT2D eigenvalue weighted by Crippen LogP contribution is 2.34. The molecule has 0 unspecified atom stereocenters. The number of aryl methyl sites for hydroxylation is 1. The minimum absolute atomic E-state index is 0.171. The molecule has 1 aliphatic rings. The van der Waals surface area contributed by atoms with Gasteiger partial charge in [0.25, 0.3) is 15.9 Å². The highest BCUT2D eigenvalue weighted by atomic mass is 32.2. The van der Waals surface area contributed by atoms with Crippen LogP contribution < -0.4 is 19.1 Å². The van der Waals surface area contributed by atoms with Crippen LogP contribution in [0.4, 0.5) is 11.4 Å².